The fourth-order valence-corrected chi connectivity index (χ4v) is 3.89. The number of nitrogens with two attached hydrogens (primary N) is 1. The molecule has 0 radical (unpaired) electrons. The highest BCUT2D eigenvalue weighted by Gasteiger charge is 2.32. The molecule has 1 saturated heterocycles. The summed E-state index contributed by atoms with van der Waals surface area (Å²) >= 11 is 0. The SMILES string of the molecule is CCOCNC[C@H]1CN(c2ccc(-c3cccc(C(=O)NCCCNCCCNC(=N)N)n3)c(F)c2)C(=O)O1. The number of nitrogens with one attached hydrogen (secondary N) is 5. The van der Waals surface area contributed by atoms with Crippen LogP contribution in [-0.4, -0.2) is 81.7 Å². The molecule has 1 aliphatic rings. The zero-order valence-corrected chi connectivity index (χ0v) is 22.1. The number of aromatic nitrogens is 1. The minimum atomic E-state index is -0.562. The Hall–Kier alpha value is -3.81. The highest BCUT2D eigenvalue weighted by molar-refractivity contribution is 5.93. The molecule has 1 atom stereocenters. The maximum Gasteiger partial charge on any atom is 0.414 e. The Morgan fingerprint density at radius 1 is 1.18 bits per heavy atom. The van der Waals surface area contributed by atoms with Crippen LogP contribution in [0.2, 0.25) is 0 Å². The fraction of sp³-hybridized carbons (Fsp3) is 0.462. The number of anilines is 1. The van der Waals surface area contributed by atoms with Gasteiger partial charge in [0.2, 0.25) is 0 Å². The van der Waals surface area contributed by atoms with Gasteiger partial charge in [-0.15, -0.1) is 0 Å². The van der Waals surface area contributed by atoms with Crippen LogP contribution in [0, 0.1) is 11.2 Å². The Morgan fingerprint density at radius 2 is 1.95 bits per heavy atom. The highest BCUT2D eigenvalue weighted by Crippen LogP contribution is 2.28. The van der Waals surface area contributed by atoms with Gasteiger partial charge >= 0.3 is 6.09 Å². The number of nitrogens with zero attached hydrogens (tertiary/aromatic N) is 2. The molecule has 212 valence electrons. The van der Waals surface area contributed by atoms with Gasteiger partial charge in [-0.2, -0.15) is 0 Å². The van der Waals surface area contributed by atoms with Gasteiger partial charge in [-0.25, -0.2) is 14.2 Å². The number of hydrogen-bond acceptors (Lipinski definition) is 8. The number of hydrogen-bond donors (Lipinski definition) is 6. The lowest BCUT2D eigenvalue weighted by atomic mass is 10.1. The molecule has 1 aromatic carbocycles. The predicted molar refractivity (Wildman–Crippen MR) is 146 cm³/mol. The summed E-state index contributed by atoms with van der Waals surface area (Å²) in [6, 6.07) is 9.30. The average molecular weight is 545 g/mol. The monoisotopic (exact) mass is 544 g/mol. The third-order valence-corrected chi connectivity index (χ3v) is 5.84. The second-order valence-corrected chi connectivity index (χ2v) is 8.83. The van der Waals surface area contributed by atoms with E-state index < -0.39 is 11.9 Å². The number of cyclic esters (lactones) is 1. The van der Waals surface area contributed by atoms with E-state index in [0.29, 0.717) is 44.4 Å². The summed E-state index contributed by atoms with van der Waals surface area (Å²) in [5, 5.41) is 19.0. The van der Waals surface area contributed by atoms with E-state index in [-0.39, 0.29) is 35.8 Å². The molecule has 39 heavy (non-hydrogen) atoms. The first-order chi connectivity index (χ1) is 18.9. The summed E-state index contributed by atoms with van der Waals surface area (Å²) < 4.78 is 25.7. The van der Waals surface area contributed by atoms with Crippen molar-refractivity contribution >= 4 is 23.6 Å². The zero-order chi connectivity index (χ0) is 28.0. The van der Waals surface area contributed by atoms with Gasteiger partial charge in [-0.05, 0) is 63.2 Å². The maximum absolute atomic E-state index is 15.1. The number of halogens is 1. The number of benzene rings is 1. The Balaban J connectivity index is 1.49. The summed E-state index contributed by atoms with van der Waals surface area (Å²) in [6.07, 6.45) is 0.643. The van der Waals surface area contributed by atoms with Crippen LogP contribution in [0.3, 0.4) is 0 Å². The van der Waals surface area contributed by atoms with Crippen LogP contribution < -0.4 is 31.9 Å². The maximum atomic E-state index is 15.1. The highest BCUT2D eigenvalue weighted by atomic mass is 19.1. The predicted octanol–water partition coefficient (Wildman–Crippen LogP) is 1.38. The largest absolute Gasteiger partial charge is 0.443 e. The normalized spacial score (nSPS) is 14.8. The smallest absolute Gasteiger partial charge is 0.414 e. The summed E-state index contributed by atoms with van der Waals surface area (Å²) in [7, 11) is 0. The van der Waals surface area contributed by atoms with Gasteiger partial charge in [0.1, 0.15) is 17.6 Å². The fourth-order valence-electron chi connectivity index (χ4n) is 3.89. The molecular weight excluding hydrogens is 507 g/mol. The molecule has 3 rings (SSSR count). The molecule has 2 heterocycles. The first-order valence-electron chi connectivity index (χ1n) is 13.0. The average Bonchev–Trinajstić information content (AvgIpc) is 3.30. The summed E-state index contributed by atoms with van der Waals surface area (Å²) in [5.41, 5.74) is 6.32. The van der Waals surface area contributed by atoms with Gasteiger partial charge in [0.25, 0.3) is 5.91 Å². The van der Waals surface area contributed by atoms with Crippen molar-refractivity contribution in [3.05, 3.63) is 47.9 Å². The van der Waals surface area contributed by atoms with Crippen LogP contribution in [0.15, 0.2) is 36.4 Å². The number of carbonyl (C=O) groups excluding carboxylic acids is 2. The molecule has 0 saturated carbocycles. The second-order valence-electron chi connectivity index (χ2n) is 8.83. The number of carbonyl (C=O) groups is 2. The van der Waals surface area contributed by atoms with Crippen molar-refractivity contribution < 1.29 is 23.5 Å². The lowest BCUT2D eigenvalue weighted by Crippen LogP contribution is -2.33. The molecule has 0 unspecified atom stereocenters. The van der Waals surface area contributed by atoms with E-state index in [1.165, 1.54) is 11.0 Å². The number of ether oxygens (including phenoxy) is 2. The van der Waals surface area contributed by atoms with E-state index in [9.17, 15) is 9.59 Å². The molecule has 1 aliphatic heterocycles. The Labute approximate surface area is 227 Å². The van der Waals surface area contributed by atoms with Crippen molar-refractivity contribution in [2.24, 2.45) is 5.73 Å². The zero-order valence-electron chi connectivity index (χ0n) is 22.1. The second kappa shape index (κ2) is 15.6. The molecule has 12 nitrogen and oxygen atoms in total. The van der Waals surface area contributed by atoms with Gasteiger partial charge in [-0.1, -0.05) is 6.07 Å². The third-order valence-electron chi connectivity index (χ3n) is 5.84. The van der Waals surface area contributed by atoms with Gasteiger partial charge in [0, 0.05) is 31.8 Å². The summed E-state index contributed by atoms with van der Waals surface area (Å²) in [5.74, 6) is -0.948. The van der Waals surface area contributed by atoms with Crippen molar-refractivity contribution in [3.63, 3.8) is 0 Å². The molecule has 1 fully saturated rings. The van der Waals surface area contributed by atoms with Crippen LogP contribution in [0.25, 0.3) is 11.3 Å². The summed E-state index contributed by atoms with van der Waals surface area (Å²) in [6.45, 7) is 6.13. The number of amides is 2. The lowest BCUT2D eigenvalue weighted by Gasteiger charge is -2.14. The van der Waals surface area contributed by atoms with Crippen molar-refractivity contribution in [2.75, 3.05) is 57.5 Å². The molecular formula is C26H37FN8O4. The van der Waals surface area contributed by atoms with E-state index in [2.05, 4.69) is 26.3 Å². The number of rotatable bonds is 16. The van der Waals surface area contributed by atoms with Crippen LogP contribution >= 0.6 is 0 Å². The minimum Gasteiger partial charge on any atom is -0.443 e. The van der Waals surface area contributed by atoms with Crippen molar-refractivity contribution in [3.8, 4) is 11.3 Å². The molecule has 7 N–H and O–H groups in total. The van der Waals surface area contributed by atoms with Crippen molar-refractivity contribution in [2.45, 2.75) is 25.9 Å². The van der Waals surface area contributed by atoms with Gasteiger partial charge < -0.3 is 31.2 Å². The molecule has 0 spiro atoms. The molecule has 2 aromatic rings. The Morgan fingerprint density at radius 3 is 2.67 bits per heavy atom. The van der Waals surface area contributed by atoms with E-state index in [1.54, 1.807) is 30.3 Å². The number of pyridine rings is 1. The molecule has 13 heteroatoms. The van der Waals surface area contributed by atoms with Crippen LogP contribution in [0.5, 0.6) is 0 Å². The van der Waals surface area contributed by atoms with Crippen molar-refractivity contribution in [1.82, 2.24) is 26.3 Å². The first-order valence-corrected chi connectivity index (χ1v) is 13.0. The van der Waals surface area contributed by atoms with Crippen LogP contribution in [-0.2, 0) is 9.47 Å². The lowest BCUT2D eigenvalue weighted by molar-refractivity contribution is 0.0948. The minimum absolute atomic E-state index is 0.0418. The Kier molecular flexibility index (Phi) is 11.9. The first kappa shape index (κ1) is 29.7. The molecule has 2 amide bonds. The van der Waals surface area contributed by atoms with Gasteiger partial charge in [0.15, 0.2) is 5.96 Å². The van der Waals surface area contributed by atoms with Gasteiger partial charge in [-0.3, -0.25) is 20.4 Å². The van der Waals surface area contributed by atoms with E-state index >= 15 is 4.39 Å². The van der Waals surface area contributed by atoms with Crippen LogP contribution in [0.4, 0.5) is 14.9 Å². The standard InChI is InChI=1S/C26H37FN8O4/c1-2-38-17-31-15-19-16-35(26(37)39-19)18-8-9-20(21(27)14-18)22-6-3-7-23(34-22)24(36)32-12-4-10-30-11-5-13-33-25(28)29/h3,6-9,14,19,30-31H,2,4-5,10-13,15-17H2,1H3,(H,32,36)(H4,28,29,33)/t19-/m0/s1. The quantitative estimate of drug-likeness (QED) is 0.0792. The topological polar surface area (TPSA) is 167 Å². The van der Waals surface area contributed by atoms with Crippen LogP contribution in [0.1, 0.15) is 30.3 Å². The molecule has 0 bridgehead atoms. The van der Waals surface area contributed by atoms with E-state index in [1.807, 2.05) is 6.92 Å². The molecule has 1 aromatic heterocycles. The Bertz CT molecular complexity index is 1120. The van der Waals surface area contributed by atoms with E-state index in [4.69, 9.17) is 20.6 Å². The van der Waals surface area contributed by atoms with Crippen molar-refractivity contribution in [1.29, 1.82) is 5.41 Å². The summed E-state index contributed by atoms with van der Waals surface area (Å²) in [4.78, 5) is 30.6. The van der Waals surface area contributed by atoms with Gasteiger partial charge in [0.05, 0.1) is 24.7 Å². The third kappa shape index (κ3) is 9.46. The molecule has 0 aliphatic carbocycles. The number of guanidine groups is 1. The van der Waals surface area contributed by atoms with E-state index in [0.717, 1.165) is 25.9 Å².